The zero-order valence-electron chi connectivity index (χ0n) is 26.8. The third kappa shape index (κ3) is 3.58. The topological polar surface area (TPSA) is 29.2 Å². The quantitative estimate of drug-likeness (QED) is 0.202. The minimum atomic E-state index is -0.169. The average molecular weight is 588 g/mol. The fourth-order valence-electron chi connectivity index (χ4n) is 7.72. The Hall–Kier alpha value is -5.03. The summed E-state index contributed by atoms with van der Waals surface area (Å²) >= 11 is 0. The van der Waals surface area contributed by atoms with Gasteiger partial charge in [-0.15, -0.1) is 0 Å². The van der Waals surface area contributed by atoms with E-state index in [1.807, 2.05) is 6.20 Å². The fourth-order valence-corrected chi connectivity index (χ4v) is 7.72. The van der Waals surface area contributed by atoms with E-state index in [9.17, 15) is 0 Å². The molecule has 0 radical (unpaired) electrons. The first-order valence-corrected chi connectivity index (χ1v) is 15.9. The first kappa shape index (κ1) is 26.4. The molecule has 0 amide bonds. The van der Waals surface area contributed by atoms with E-state index in [1.54, 1.807) is 0 Å². The number of anilines is 1. The Morgan fingerprint density at radius 1 is 0.667 bits per heavy atom. The van der Waals surface area contributed by atoms with Crippen LogP contribution in [0, 0.1) is 0 Å². The molecule has 4 aromatic carbocycles. The van der Waals surface area contributed by atoms with Gasteiger partial charge in [-0.05, 0) is 59.0 Å². The first-order chi connectivity index (χ1) is 21.6. The Bertz CT molecular complexity index is 2390. The molecule has 222 valence electrons. The van der Waals surface area contributed by atoms with Crippen LogP contribution in [0.1, 0.15) is 51.3 Å². The zero-order valence-corrected chi connectivity index (χ0v) is 26.8. The molecule has 0 saturated heterocycles. The molecule has 2 aliphatic rings. The molecule has 9 rings (SSSR count). The molecule has 0 saturated carbocycles. The molecule has 0 atom stereocenters. The van der Waals surface area contributed by atoms with Crippen molar-refractivity contribution < 1.29 is 0 Å². The van der Waals surface area contributed by atoms with Crippen LogP contribution in [0.3, 0.4) is 0 Å². The van der Waals surface area contributed by atoms with Gasteiger partial charge in [0.1, 0.15) is 5.82 Å². The van der Waals surface area contributed by atoms with E-state index in [-0.39, 0.29) is 10.8 Å². The van der Waals surface area contributed by atoms with Crippen LogP contribution >= 0.6 is 0 Å². The van der Waals surface area contributed by atoms with Crippen molar-refractivity contribution in [1.82, 2.24) is 19.0 Å². The van der Waals surface area contributed by atoms with Crippen LogP contribution in [0.25, 0.3) is 55.1 Å². The van der Waals surface area contributed by atoms with Gasteiger partial charge in [-0.2, -0.15) is 0 Å². The lowest BCUT2D eigenvalue weighted by Crippen LogP contribution is -2.28. The van der Waals surface area contributed by atoms with Gasteiger partial charge in [-0.3, -0.25) is 4.57 Å². The number of benzene rings is 4. The standard InChI is InChI=1S/C40H37N5/c1-39(2,3)25-20-31-30-16-14-27(23-36(30)45-37(31)33(21-25)40(4,5)32-11-9-17-41-38(32)45)44-34-12-8-7-10-28(34)29-15-13-26(22-35(29)44)43-19-18-42(6)24-43/h7-23H,24H2,1-6H3. The van der Waals surface area contributed by atoms with E-state index < -0.39 is 0 Å². The van der Waals surface area contributed by atoms with Crippen LogP contribution in [0.4, 0.5) is 5.69 Å². The van der Waals surface area contributed by atoms with Gasteiger partial charge in [0, 0.05) is 69.5 Å². The van der Waals surface area contributed by atoms with Gasteiger partial charge >= 0.3 is 0 Å². The number of hydrogen-bond acceptors (Lipinski definition) is 3. The molecule has 0 aliphatic carbocycles. The second-order valence-electron chi connectivity index (χ2n) is 14.4. The second-order valence-corrected chi connectivity index (χ2v) is 14.4. The number of pyridine rings is 1. The van der Waals surface area contributed by atoms with E-state index >= 15 is 0 Å². The zero-order chi connectivity index (χ0) is 30.8. The molecular weight excluding hydrogens is 550 g/mol. The highest BCUT2D eigenvalue weighted by molar-refractivity contribution is 6.13. The molecule has 2 aliphatic heterocycles. The van der Waals surface area contributed by atoms with Crippen molar-refractivity contribution in [2.45, 2.75) is 45.4 Å². The van der Waals surface area contributed by atoms with Crippen molar-refractivity contribution in [2.75, 3.05) is 18.6 Å². The summed E-state index contributed by atoms with van der Waals surface area (Å²) in [6.45, 7) is 12.5. The highest BCUT2D eigenvalue weighted by Crippen LogP contribution is 2.49. The largest absolute Gasteiger partial charge is 0.361 e. The molecule has 0 fully saturated rings. The van der Waals surface area contributed by atoms with Gasteiger partial charge in [0.25, 0.3) is 0 Å². The van der Waals surface area contributed by atoms with Gasteiger partial charge in [-0.1, -0.05) is 77.1 Å². The summed E-state index contributed by atoms with van der Waals surface area (Å²) in [5.74, 6) is 1.03. The summed E-state index contributed by atoms with van der Waals surface area (Å²) in [5, 5.41) is 5.10. The molecule has 0 spiro atoms. The van der Waals surface area contributed by atoms with Gasteiger partial charge in [0.05, 0.1) is 28.7 Å². The van der Waals surface area contributed by atoms with E-state index in [1.165, 1.54) is 66.0 Å². The number of fused-ring (bicyclic) bond motifs is 8. The molecule has 0 unspecified atom stereocenters. The summed E-state index contributed by atoms with van der Waals surface area (Å²) in [5.41, 5.74) is 11.1. The third-order valence-electron chi connectivity index (χ3n) is 10.2. The van der Waals surface area contributed by atoms with Crippen LogP contribution in [0.2, 0.25) is 0 Å². The van der Waals surface area contributed by atoms with Crippen molar-refractivity contribution in [1.29, 1.82) is 0 Å². The fraction of sp³-hybridized carbons (Fsp3) is 0.225. The molecule has 5 nitrogen and oxygen atoms in total. The second kappa shape index (κ2) is 8.79. The van der Waals surface area contributed by atoms with E-state index in [2.05, 4.69) is 158 Å². The summed E-state index contributed by atoms with van der Waals surface area (Å²) in [6, 6.07) is 31.9. The minimum absolute atomic E-state index is 0.0321. The number of aromatic nitrogens is 3. The Morgan fingerprint density at radius 3 is 2.16 bits per heavy atom. The molecule has 0 bridgehead atoms. The molecule has 5 heterocycles. The minimum Gasteiger partial charge on any atom is -0.361 e. The highest BCUT2D eigenvalue weighted by atomic mass is 15.3. The Balaban J connectivity index is 1.38. The van der Waals surface area contributed by atoms with Crippen LogP contribution in [-0.4, -0.2) is 32.7 Å². The summed E-state index contributed by atoms with van der Waals surface area (Å²) in [6.07, 6.45) is 6.22. The molecule has 3 aromatic heterocycles. The van der Waals surface area contributed by atoms with E-state index in [0.717, 1.165) is 18.2 Å². The predicted molar refractivity (Wildman–Crippen MR) is 188 cm³/mol. The first-order valence-electron chi connectivity index (χ1n) is 15.9. The maximum absolute atomic E-state index is 5.03. The SMILES string of the molecule is CN1C=CN(c2ccc3c4ccccc4n(-c4ccc5c6cc(C(C)(C)C)cc7c6n(c5c4)-c4ncccc4C7(C)C)c3c2)C1. The average Bonchev–Trinajstić information content (AvgIpc) is 3.70. The normalized spacial score (nSPS) is 15.7. The maximum atomic E-state index is 5.03. The lowest BCUT2D eigenvalue weighted by Gasteiger charge is -2.35. The van der Waals surface area contributed by atoms with Crippen LogP contribution < -0.4 is 4.90 Å². The molecule has 45 heavy (non-hydrogen) atoms. The molecule has 7 aromatic rings. The van der Waals surface area contributed by atoms with Crippen molar-refractivity contribution in [3.63, 3.8) is 0 Å². The maximum Gasteiger partial charge on any atom is 0.141 e. The Morgan fingerprint density at radius 2 is 1.38 bits per heavy atom. The highest BCUT2D eigenvalue weighted by Gasteiger charge is 2.37. The Kier molecular flexibility index (Phi) is 5.15. The Labute approximate surface area is 263 Å². The predicted octanol–water partition coefficient (Wildman–Crippen LogP) is 9.39. The third-order valence-corrected chi connectivity index (χ3v) is 10.2. The van der Waals surface area contributed by atoms with Gasteiger partial charge in [-0.25, -0.2) is 4.98 Å². The van der Waals surface area contributed by atoms with Crippen LogP contribution in [0.15, 0.2) is 104 Å². The van der Waals surface area contributed by atoms with E-state index in [0.29, 0.717) is 0 Å². The summed E-state index contributed by atoms with van der Waals surface area (Å²) < 4.78 is 4.87. The number of rotatable bonds is 2. The number of nitrogens with zero attached hydrogens (tertiary/aromatic N) is 5. The smallest absolute Gasteiger partial charge is 0.141 e. The molecule has 5 heteroatoms. The lowest BCUT2D eigenvalue weighted by molar-refractivity contribution is 0.496. The number of hydrogen-bond donors (Lipinski definition) is 0. The van der Waals surface area contributed by atoms with Crippen molar-refractivity contribution in [3.8, 4) is 11.5 Å². The van der Waals surface area contributed by atoms with E-state index in [4.69, 9.17) is 4.98 Å². The molecular formula is C40H37N5. The van der Waals surface area contributed by atoms with Gasteiger partial charge in [0.15, 0.2) is 0 Å². The van der Waals surface area contributed by atoms with Gasteiger partial charge in [0.2, 0.25) is 0 Å². The van der Waals surface area contributed by atoms with Crippen molar-refractivity contribution in [3.05, 3.63) is 120 Å². The lowest BCUT2D eigenvalue weighted by atomic mass is 9.73. The van der Waals surface area contributed by atoms with Gasteiger partial charge < -0.3 is 14.4 Å². The van der Waals surface area contributed by atoms with Crippen molar-refractivity contribution >= 4 is 49.3 Å². The van der Waals surface area contributed by atoms with Crippen LogP contribution in [-0.2, 0) is 10.8 Å². The number of para-hydroxylation sites is 1. The van der Waals surface area contributed by atoms with Crippen molar-refractivity contribution in [2.24, 2.45) is 0 Å². The molecule has 0 N–H and O–H groups in total. The summed E-state index contributed by atoms with van der Waals surface area (Å²) in [7, 11) is 2.11. The summed E-state index contributed by atoms with van der Waals surface area (Å²) in [4.78, 5) is 9.52. The monoisotopic (exact) mass is 587 g/mol. The van der Waals surface area contributed by atoms with Crippen LogP contribution in [0.5, 0.6) is 0 Å².